The Balaban J connectivity index is 1.60. The maximum Gasteiger partial charge on any atom is 0.0534 e. The molecule has 0 heterocycles. The fraction of sp³-hybridized carbons (Fsp3) is 1.00. The van der Waals surface area contributed by atoms with Crippen molar-refractivity contribution in [3.05, 3.63) is 0 Å². The molecule has 2 heteroatoms. The van der Waals surface area contributed by atoms with Gasteiger partial charge in [-0.1, -0.05) is 13.3 Å². The Bertz CT molecular complexity index is 185. The minimum atomic E-state index is 0.504. The van der Waals surface area contributed by atoms with E-state index in [2.05, 4.69) is 12.2 Å². The lowest BCUT2D eigenvalue weighted by atomic mass is 9.69. The van der Waals surface area contributed by atoms with Crippen molar-refractivity contribution in [2.75, 3.05) is 26.3 Å². The SMILES string of the molecule is CCCNCC1(COCC2CC2)CCC1. The van der Waals surface area contributed by atoms with Gasteiger partial charge in [0.1, 0.15) is 0 Å². The highest BCUT2D eigenvalue weighted by Crippen LogP contribution is 2.41. The molecule has 2 aliphatic rings. The number of rotatable bonds is 8. The van der Waals surface area contributed by atoms with E-state index >= 15 is 0 Å². The molecule has 2 aliphatic carbocycles. The van der Waals surface area contributed by atoms with E-state index in [0.29, 0.717) is 5.41 Å². The third-order valence-electron chi connectivity index (χ3n) is 3.80. The summed E-state index contributed by atoms with van der Waals surface area (Å²) in [7, 11) is 0. The van der Waals surface area contributed by atoms with Crippen LogP contribution in [0.15, 0.2) is 0 Å². The second-order valence-corrected chi connectivity index (χ2v) is 5.49. The van der Waals surface area contributed by atoms with Gasteiger partial charge in [0.25, 0.3) is 0 Å². The Morgan fingerprint density at radius 1 is 1.33 bits per heavy atom. The van der Waals surface area contributed by atoms with Crippen LogP contribution >= 0.6 is 0 Å². The zero-order chi connectivity index (χ0) is 10.6. The van der Waals surface area contributed by atoms with E-state index < -0.39 is 0 Å². The minimum absolute atomic E-state index is 0.504. The molecule has 2 fully saturated rings. The van der Waals surface area contributed by atoms with Gasteiger partial charge in [-0.2, -0.15) is 0 Å². The van der Waals surface area contributed by atoms with Crippen LogP contribution in [0.25, 0.3) is 0 Å². The summed E-state index contributed by atoms with van der Waals surface area (Å²) in [6.45, 7) is 6.58. The third kappa shape index (κ3) is 3.46. The lowest BCUT2D eigenvalue weighted by molar-refractivity contribution is -0.00904. The van der Waals surface area contributed by atoms with Crippen LogP contribution in [0.3, 0.4) is 0 Å². The fourth-order valence-corrected chi connectivity index (χ4v) is 2.31. The van der Waals surface area contributed by atoms with Gasteiger partial charge >= 0.3 is 0 Å². The average Bonchev–Trinajstić information content (AvgIpc) is 2.97. The molecule has 0 spiro atoms. The highest BCUT2D eigenvalue weighted by Gasteiger charge is 2.37. The predicted molar refractivity (Wildman–Crippen MR) is 63.0 cm³/mol. The highest BCUT2D eigenvalue weighted by atomic mass is 16.5. The van der Waals surface area contributed by atoms with Gasteiger partial charge in [-0.05, 0) is 44.6 Å². The van der Waals surface area contributed by atoms with Crippen LogP contribution in [0.4, 0.5) is 0 Å². The van der Waals surface area contributed by atoms with E-state index in [0.717, 1.165) is 25.7 Å². The maximum absolute atomic E-state index is 5.86. The summed E-state index contributed by atoms with van der Waals surface area (Å²) in [5.74, 6) is 0.908. The minimum Gasteiger partial charge on any atom is -0.381 e. The molecule has 0 unspecified atom stereocenters. The molecule has 1 N–H and O–H groups in total. The second-order valence-electron chi connectivity index (χ2n) is 5.49. The zero-order valence-electron chi connectivity index (χ0n) is 10.1. The largest absolute Gasteiger partial charge is 0.381 e. The van der Waals surface area contributed by atoms with Crippen molar-refractivity contribution >= 4 is 0 Å². The monoisotopic (exact) mass is 211 g/mol. The molecule has 88 valence electrons. The van der Waals surface area contributed by atoms with E-state index in [1.165, 1.54) is 45.1 Å². The van der Waals surface area contributed by atoms with E-state index in [1.54, 1.807) is 0 Å². The molecule has 0 atom stereocenters. The van der Waals surface area contributed by atoms with Gasteiger partial charge in [0.15, 0.2) is 0 Å². The van der Waals surface area contributed by atoms with Crippen LogP contribution in [0, 0.1) is 11.3 Å². The molecule has 0 saturated heterocycles. The predicted octanol–water partition coefficient (Wildman–Crippen LogP) is 2.58. The Morgan fingerprint density at radius 3 is 2.67 bits per heavy atom. The summed E-state index contributed by atoms with van der Waals surface area (Å²) in [6, 6.07) is 0. The molecule has 0 amide bonds. The van der Waals surface area contributed by atoms with Gasteiger partial charge in [0.2, 0.25) is 0 Å². The molecular formula is C13H25NO. The molecule has 2 nitrogen and oxygen atoms in total. The molecule has 2 saturated carbocycles. The lowest BCUT2D eigenvalue weighted by Crippen LogP contribution is -2.43. The standard InChI is InChI=1S/C13H25NO/c1-2-8-14-10-13(6-3-7-13)11-15-9-12-4-5-12/h12,14H,2-11H2,1H3. The molecule has 0 aromatic heterocycles. The van der Waals surface area contributed by atoms with Crippen molar-refractivity contribution in [2.45, 2.75) is 45.4 Å². The summed E-state index contributed by atoms with van der Waals surface area (Å²) in [5, 5.41) is 3.55. The van der Waals surface area contributed by atoms with Crippen LogP contribution in [-0.4, -0.2) is 26.3 Å². The first-order chi connectivity index (χ1) is 7.35. The van der Waals surface area contributed by atoms with Gasteiger partial charge in [0.05, 0.1) is 6.61 Å². The Hall–Kier alpha value is -0.0800. The molecule has 0 aromatic rings. The molecule has 15 heavy (non-hydrogen) atoms. The van der Waals surface area contributed by atoms with Gasteiger partial charge in [-0.3, -0.25) is 0 Å². The van der Waals surface area contributed by atoms with Gasteiger partial charge in [-0.25, -0.2) is 0 Å². The van der Waals surface area contributed by atoms with Crippen molar-refractivity contribution in [1.82, 2.24) is 5.32 Å². The maximum atomic E-state index is 5.86. The molecule has 0 aromatic carbocycles. The summed E-state index contributed by atoms with van der Waals surface area (Å²) < 4.78 is 5.86. The van der Waals surface area contributed by atoms with Crippen molar-refractivity contribution in [2.24, 2.45) is 11.3 Å². The normalized spacial score (nSPS) is 23.8. The van der Waals surface area contributed by atoms with Crippen molar-refractivity contribution in [3.8, 4) is 0 Å². The molecular weight excluding hydrogens is 186 g/mol. The van der Waals surface area contributed by atoms with Crippen LogP contribution in [0.5, 0.6) is 0 Å². The number of nitrogens with one attached hydrogen (secondary N) is 1. The molecule has 0 radical (unpaired) electrons. The topological polar surface area (TPSA) is 21.3 Å². The highest BCUT2D eigenvalue weighted by molar-refractivity contribution is 4.89. The summed E-state index contributed by atoms with van der Waals surface area (Å²) in [6.07, 6.45) is 8.19. The number of hydrogen-bond donors (Lipinski definition) is 1. The second kappa shape index (κ2) is 5.31. The Kier molecular flexibility index (Phi) is 4.04. The van der Waals surface area contributed by atoms with Gasteiger partial charge < -0.3 is 10.1 Å². The van der Waals surface area contributed by atoms with Gasteiger partial charge in [0, 0.05) is 18.6 Å². The lowest BCUT2D eigenvalue weighted by Gasteiger charge is -2.42. The van der Waals surface area contributed by atoms with Crippen LogP contribution in [0.2, 0.25) is 0 Å². The van der Waals surface area contributed by atoms with Crippen molar-refractivity contribution in [1.29, 1.82) is 0 Å². The Morgan fingerprint density at radius 2 is 2.13 bits per heavy atom. The van der Waals surface area contributed by atoms with Crippen LogP contribution in [0.1, 0.15) is 45.4 Å². The first-order valence-corrected chi connectivity index (χ1v) is 6.63. The summed E-state index contributed by atoms with van der Waals surface area (Å²) in [5.41, 5.74) is 0.504. The van der Waals surface area contributed by atoms with E-state index in [1.807, 2.05) is 0 Å². The summed E-state index contributed by atoms with van der Waals surface area (Å²) >= 11 is 0. The zero-order valence-corrected chi connectivity index (χ0v) is 10.1. The average molecular weight is 211 g/mol. The third-order valence-corrected chi connectivity index (χ3v) is 3.80. The van der Waals surface area contributed by atoms with Crippen molar-refractivity contribution in [3.63, 3.8) is 0 Å². The molecule has 2 rings (SSSR count). The smallest absolute Gasteiger partial charge is 0.0534 e. The Labute approximate surface area is 93.8 Å². The van der Waals surface area contributed by atoms with Gasteiger partial charge in [-0.15, -0.1) is 0 Å². The summed E-state index contributed by atoms with van der Waals surface area (Å²) in [4.78, 5) is 0. The molecule has 0 aliphatic heterocycles. The van der Waals surface area contributed by atoms with Crippen molar-refractivity contribution < 1.29 is 4.74 Å². The number of ether oxygens (including phenoxy) is 1. The quantitative estimate of drug-likeness (QED) is 0.623. The fourth-order valence-electron chi connectivity index (χ4n) is 2.31. The first kappa shape index (κ1) is 11.4. The first-order valence-electron chi connectivity index (χ1n) is 6.63. The van der Waals surface area contributed by atoms with E-state index in [4.69, 9.17) is 4.74 Å². The molecule has 0 bridgehead atoms. The number of hydrogen-bond acceptors (Lipinski definition) is 2. The van der Waals surface area contributed by atoms with E-state index in [-0.39, 0.29) is 0 Å². The van der Waals surface area contributed by atoms with Crippen LogP contribution < -0.4 is 5.32 Å². The van der Waals surface area contributed by atoms with Crippen LogP contribution in [-0.2, 0) is 4.74 Å². The van der Waals surface area contributed by atoms with E-state index in [9.17, 15) is 0 Å².